The van der Waals surface area contributed by atoms with Crippen LogP contribution in [0, 0.1) is 11.3 Å². The molecule has 13 nitrogen and oxygen atoms in total. The second-order valence-corrected chi connectivity index (χ2v) is 10.5. The van der Waals surface area contributed by atoms with E-state index in [1.807, 2.05) is 34.6 Å². The van der Waals surface area contributed by atoms with Crippen molar-refractivity contribution in [3.63, 3.8) is 0 Å². The predicted octanol–water partition coefficient (Wildman–Crippen LogP) is 1.83. The first-order chi connectivity index (χ1) is 17.3. The van der Waals surface area contributed by atoms with Crippen molar-refractivity contribution >= 4 is 19.6 Å². The van der Waals surface area contributed by atoms with Crippen LogP contribution in [0.1, 0.15) is 65.8 Å². The fraction of sp³-hybridized carbons (Fsp3) is 0.773. The summed E-state index contributed by atoms with van der Waals surface area (Å²) in [5, 5.41) is 41.3. The number of aryl methyl sites for hydroxylation is 1. The highest BCUT2D eigenvalue weighted by Crippen LogP contribution is 2.49. The van der Waals surface area contributed by atoms with Crippen LogP contribution in [0.5, 0.6) is 0 Å². The van der Waals surface area contributed by atoms with E-state index in [1.54, 1.807) is 0 Å². The maximum absolute atomic E-state index is 13.3. The average molecular weight is 526 g/mol. The zero-order valence-electron chi connectivity index (χ0n) is 21.4. The molecule has 1 aliphatic rings. The Kier molecular flexibility index (Phi) is 10.3. The lowest BCUT2D eigenvalue weighted by Gasteiger charge is -2.37. The number of hydrogen-bond donors (Lipinski definition) is 2. The van der Waals surface area contributed by atoms with E-state index in [4.69, 9.17) is 19.0 Å². The summed E-state index contributed by atoms with van der Waals surface area (Å²) in [7, 11) is -1.57. The minimum absolute atomic E-state index is 0.107. The molecule has 0 bridgehead atoms. The monoisotopic (exact) mass is 525 g/mol. The number of nitriles is 1. The predicted molar refractivity (Wildman–Crippen MR) is 131 cm³/mol. The van der Waals surface area contributed by atoms with Crippen molar-refractivity contribution in [1.29, 1.82) is 5.26 Å². The second kappa shape index (κ2) is 13.0. The number of ether oxygens (including phenoxy) is 1. The molecule has 0 radical (unpaired) electrons. The van der Waals surface area contributed by atoms with Gasteiger partial charge in [0.25, 0.3) is 14.1 Å². The Hall–Kier alpha value is -2.04. The van der Waals surface area contributed by atoms with Crippen LogP contribution in [-0.2, 0) is 26.9 Å². The Morgan fingerprint density at radius 2 is 2.03 bits per heavy atom. The Bertz CT molecular complexity index is 1090. The third kappa shape index (κ3) is 6.08. The van der Waals surface area contributed by atoms with Gasteiger partial charge >= 0.3 is 0 Å². The number of aliphatic hydroxyl groups excluding tert-OH is 2. The quantitative estimate of drug-likeness (QED) is 0.290. The molecule has 2 aromatic heterocycles. The van der Waals surface area contributed by atoms with E-state index in [9.17, 15) is 15.0 Å². The Morgan fingerprint density at radius 1 is 1.31 bits per heavy atom. The molecular formula is C22H36N7O6P. The topological polar surface area (TPSA) is 161 Å². The lowest BCUT2D eigenvalue weighted by Crippen LogP contribution is -2.36. The van der Waals surface area contributed by atoms with Gasteiger partial charge in [0.1, 0.15) is 18.4 Å². The summed E-state index contributed by atoms with van der Waals surface area (Å²) in [6.45, 7) is 9.53. The van der Waals surface area contributed by atoms with Gasteiger partial charge < -0.3 is 24.0 Å². The summed E-state index contributed by atoms with van der Waals surface area (Å²) in [5.74, 6) is 0. The van der Waals surface area contributed by atoms with E-state index in [2.05, 4.69) is 26.2 Å². The largest absolute Gasteiger partial charge is 0.394 e. The summed E-state index contributed by atoms with van der Waals surface area (Å²) in [6.07, 6.45) is -0.292. The molecular weight excluding hydrogens is 489 g/mol. The van der Waals surface area contributed by atoms with Crippen molar-refractivity contribution in [3.05, 3.63) is 16.0 Å². The minimum atomic E-state index is -1.57. The van der Waals surface area contributed by atoms with Gasteiger partial charge in [0.15, 0.2) is 11.7 Å². The van der Waals surface area contributed by atoms with Gasteiger partial charge in [-0.2, -0.15) is 15.0 Å². The van der Waals surface area contributed by atoms with E-state index >= 15 is 0 Å². The number of rotatable bonds is 13. The van der Waals surface area contributed by atoms with Gasteiger partial charge in [0.05, 0.1) is 37.5 Å². The van der Waals surface area contributed by atoms with Crippen molar-refractivity contribution in [3.8, 4) is 6.07 Å². The first kappa shape index (κ1) is 28.5. The van der Waals surface area contributed by atoms with Crippen LogP contribution in [0.3, 0.4) is 0 Å². The number of fused-ring (bicyclic) bond motifs is 1. The highest BCUT2D eigenvalue weighted by Gasteiger charge is 2.42. The van der Waals surface area contributed by atoms with Crippen molar-refractivity contribution in [2.45, 2.75) is 97.6 Å². The SMILES string of the molecule is CCCc1nn(CO)c2c(=O)n(C3CC(OP(OCCC#N)N(C(C)C)C(C)C)C(CO)O3)nnc12. The van der Waals surface area contributed by atoms with E-state index in [0.717, 1.165) is 11.1 Å². The first-order valence-corrected chi connectivity index (χ1v) is 13.4. The molecule has 0 saturated carbocycles. The molecule has 0 aromatic carbocycles. The maximum atomic E-state index is 13.3. The molecule has 36 heavy (non-hydrogen) atoms. The van der Waals surface area contributed by atoms with Gasteiger partial charge in [0.2, 0.25) is 0 Å². The van der Waals surface area contributed by atoms with Gasteiger partial charge in [-0.3, -0.25) is 4.79 Å². The fourth-order valence-electron chi connectivity index (χ4n) is 4.29. The molecule has 1 saturated heterocycles. The van der Waals surface area contributed by atoms with E-state index in [0.29, 0.717) is 17.6 Å². The zero-order chi connectivity index (χ0) is 26.4. The van der Waals surface area contributed by atoms with Crippen molar-refractivity contribution in [1.82, 2.24) is 29.4 Å². The molecule has 14 heteroatoms. The fourth-order valence-corrected chi connectivity index (χ4v) is 6.05. The molecule has 2 N–H and O–H groups in total. The van der Waals surface area contributed by atoms with Gasteiger partial charge in [0, 0.05) is 18.5 Å². The van der Waals surface area contributed by atoms with Crippen molar-refractivity contribution < 1.29 is 24.0 Å². The van der Waals surface area contributed by atoms with Crippen LogP contribution in [0.4, 0.5) is 0 Å². The smallest absolute Gasteiger partial charge is 0.298 e. The Morgan fingerprint density at radius 3 is 2.61 bits per heavy atom. The molecule has 0 spiro atoms. The van der Waals surface area contributed by atoms with Crippen LogP contribution >= 0.6 is 8.53 Å². The van der Waals surface area contributed by atoms with Crippen LogP contribution < -0.4 is 5.56 Å². The van der Waals surface area contributed by atoms with Crippen LogP contribution in [0.15, 0.2) is 4.79 Å². The Labute approximate surface area is 211 Å². The minimum Gasteiger partial charge on any atom is -0.394 e. The summed E-state index contributed by atoms with van der Waals surface area (Å²) in [6, 6.07) is 2.29. The molecule has 4 unspecified atom stereocenters. The number of aliphatic hydroxyl groups is 2. The Balaban J connectivity index is 1.89. The van der Waals surface area contributed by atoms with Gasteiger partial charge in [-0.05, 0) is 34.1 Å². The molecule has 3 heterocycles. The average Bonchev–Trinajstić information content (AvgIpc) is 3.40. The van der Waals surface area contributed by atoms with E-state index in [-0.39, 0.29) is 43.7 Å². The second-order valence-electron chi connectivity index (χ2n) is 9.11. The number of hydrogen-bond acceptors (Lipinski definition) is 11. The van der Waals surface area contributed by atoms with Gasteiger partial charge in [-0.25, -0.2) is 9.35 Å². The molecule has 0 amide bonds. The van der Waals surface area contributed by atoms with Crippen molar-refractivity contribution in [2.75, 3.05) is 13.2 Å². The number of aromatic nitrogens is 5. The maximum Gasteiger partial charge on any atom is 0.298 e. The summed E-state index contributed by atoms with van der Waals surface area (Å²) in [5.41, 5.74) is 0.611. The third-order valence-corrected chi connectivity index (χ3v) is 7.95. The van der Waals surface area contributed by atoms with Crippen molar-refractivity contribution in [2.24, 2.45) is 0 Å². The molecule has 4 atom stereocenters. The standard InChI is InChI=1S/C22H36N7O6P/c1-6-8-16-20-21(27(13-31)25-16)22(32)28(26-24-20)19-11-17(18(12-30)34-19)35-36(33-10-7-9-23)29(14(2)3)15(4)5/h14-15,17-19,30-31H,6-8,10-13H2,1-5H3. The van der Waals surface area contributed by atoms with Crippen LogP contribution in [-0.4, -0.2) is 77.2 Å². The van der Waals surface area contributed by atoms with Gasteiger partial charge in [-0.1, -0.05) is 18.6 Å². The molecule has 1 aliphatic heterocycles. The summed E-state index contributed by atoms with van der Waals surface area (Å²) < 4.78 is 22.7. The van der Waals surface area contributed by atoms with Gasteiger partial charge in [-0.15, -0.1) is 5.10 Å². The highest BCUT2D eigenvalue weighted by atomic mass is 31.2. The molecule has 0 aliphatic carbocycles. The third-order valence-electron chi connectivity index (χ3n) is 5.79. The number of nitrogens with zero attached hydrogens (tertiary/aromatic N) is 7. The van der Waals surface area contributed by atoms with E-state index < -0.39 is 39.3 Å². The summed E-state index contributed by atoms with van der Waals surface area (Å²) in [4.78, 5) is 13.3. The lowest BCUT2D eigenvalue weighted by molar-refractivity contribution is -0.0489. The van der Waals surface area contributed by atoms with Crippen LogP contribution in [0.2, 0.25) is 0 Å². The molecule has 3 rings (SSSR count). The molecule has 1 fully saturated rings. The van der Waals surface area contributed by atoms with E-state index in [1.165, 1.54) is 4.68 Å². The zero-order valence-corrected chi connectivity index (χ0v) is 22.3. The molecule has 200 valence electrons. The van der Waals surface area contributed by atoms with Crippen LogP contribution in [0.25, 0.3) is 11.0 Å². The summed E-state index contributed by atoms with van der Waals surface area (Å²) >= 11 is 0. The highest BCUT2D eigenvalue weighted by molar-refractivity contribution is 7.44. The molecule has 2 aromatic rings. The lowest BCUT2D eigenvalue weighted by atomic mass is 10.2. The normalized spacial score (nSPS) is 21.2. The first-order valence-electron chi connectivity index (χ1n) is 12.2.